The second kappa shape index (κ2) is 14.9. The average Bonchev–Trinajstić information content (AvgIpc) is 2.90. The number of benzene rings is 2. The van der Waals surface area contributed by atoms with E-state index in [4.69, 9.17) is 20.3 Å². The molecule has 1 atom stereocenters. The number of unbranched alkanes of at least 4 members (excludes halogenated alkanes) is 1. The lowest BCUT2D eigenvalue weighted by Crippen LogP contribution is -2.30. The third kappa shape index (κ3) is 8.97. The number of halogens is 1. The topological polar surface area (TPSA) is 116 Å². The SMILES string of the molecule is C/C=C/C(C)NC(=O)c1ccc2nc(-c3ccc(C#N)cc3)c(CCCCC(=O)O)nc2c1.C=CCF. The van der Waals surface area contributed by atoms with Gasteiger partial charge in [-0.1, -0.05) is 30.4 Å². The summed E-state index contributed by atoms with van der Waals surface area (Å²) in [6.45, 7) is 6.49. The highest BCUT2D eigenvalue weighted by Crippen LogP contribution is 2.26. The van der Waals surface area contributed by atoms with Gasteiger partial charge in [-0.05, 0) is 63.4 Å². The van der Waals surface area contributed by atoms with Gasteiger partial charge >= 0.3 is 5.97 Å². The number of carbonyl (C=O) groups is 2. The predicted molar refractivity (Wildman–Crippen MR) is 143 cm³/mol. The maximum Gasteiger partial charge on any atom is 0.303 e. The molecule has 0 aliphatic heterocycles. The molecule has 0 radical (unpaired) electrons. The van der Waals surface area contributed by atoms with Gasteiger partial charge in [0.15, 0.2) is 0 Å². The van der Waals surface area contributed by atoms with Crippen LogP contribution in [-0.4, -0.2) is 39.7 Å². The van der Waals surface area contributed by atoms with Gasteiger partial charge in [0.1, 0.15) is 6.67 Å². The van der Waals surface area contributed by atoms with E-state index in [1.807, 2.05) is 38.1 Å². The van der Waals surface area contributed by atoms with Crippen molar-refractivity contribution < 1.29 is 19.1 Å². The third-order valence-corrected chi connectivity index (χ3v) is 5.29. The number of allylic oxidation sites excluding steroid dienone is 2. The minimum Gasteiger partial charge on any atom is -0.481 e. The van der Waals surface area contributed by atoms with Crippen LogP contribution in [0.4, 0.5) is 4.39 Å². The van der Waals surface area contributed by atoms with Crippen LogP contribution in [0.15, 0.2) is 67.3 Å². The number of hydrogen-bond acceptors (Lipinski definition) is 5. The Morgan fingerprint density at radius 1 is 1.16 bits per heavy atom. The van der Waals surface area contributed by atoms with Crippen LogP contribution in [0, 0.1) is 11.3 Å². The van der Waals surface area contributed by atoms with Crippen LogP contribution in [0.5, 0.6) is 0 Å². The smallest absolute Gasteiger partial charge is 0.303 e. The molecule has 2 N–H and O–H groups in total. The number of nitrogens with one attached hydrogen (secondary N) is 1. The van der Waals surface area contributed by atoms with Crippen molar-refractivity contribution in [3.8, 4) is 17.3 Å². The minimum atomic E-state index is -0.824. The molecule has 7 nitrogen and oxygen atoms in total. The van der Waals surface area contributed by atoms with Gasteiger partial charge < -0.3 is 10.4 Å². The van der Waals surface area contributed by atoms with Gasteiger partial charge in [0.25, 0.3) is 5.91 Å². The summed E-state index contributed by atoms with van der Waals surface area (Å²) >= 11 is 0. The van der Waals surface area contributed by atoms with Gasteiger partial charge in [0.05, 0.1) is 34.1 Å². The summed E-state index contributed by atoms with van der Waals surface area (Å²) in [4.78, 5) is 33.1. The van der Waals surface area contributed by atoms with E-state index in [1.54, 1.807) is 30.3 Å². The van der Waals surface area contributed by atoms with Crippen molar-refractivity contribution >= 4 is 22.9 Å². The van der Waals surface area contributed by atoms with Crippen molar-refractivity contribution in [1.29, 1.82) is 5.26 Å². The number of aryl methyl sites for hydroxylation is 1. The first-order valence-electron chi connectivity index (χ1n) is 12.0. The summed E-state index contributed by atoms with van der Waals surface area (Å²) in [5.41, 5.74) is 4.57. The minimum absolute atomic E-state index is 0.0900. The molecule has 0 saturated heterocycles. The predicted octanol–water partition coefficient (Wildman–Crippen LogP) is 5.80. The molecule has 3 aromatic rings. The molecule has 0 saturated carbocycles. The first-order chi connectivity index (χ1) is 17.8. The normalized spacial score (nSPS) is 11.3. The van der Waals surface area contributed by atoms with Gasteiger partial charge in [0, 0.05) is 23.6 Å². The lowest BCUT2D eigenvalue weighted by Gasteiger charge is -2.12. The Morgan fingerprint density at radius 2 is 1.86 bits per heavy atom. The van der Waals surface area contributed by atoms with Crippen LogP contribution in [0.1, 0.15) is 54.7 Å². The first-order valence-corrected chi connectivity index (χ1v) is 12.0. The molecular formula is C29H31FN4O3. The molecule has 1 unspecified atom stereocenters. The van der Waals surface area contributed by atoms with Crippen molar-refractivity contribution in [2.24, 2.45) is 0 Å². The number of carbonyl (C=O) groups excluding carboxylic acids is 1. The molecule has 0 fully saturated rings. The summed E-state index contributed by atoms with van der Waals surface area (Å²) in [6, 6.07) is 14.4. The summed E-state index contributed by atoms with van der Waals surface area (Å²) in [7, 11) is 0. The fourth-order valence-corrected chi connectivity index (χ4v) is 3.54. The summed E-state index contributed by atoms with van der Waals surface area (Å²) in [5, 5.41) is 20.9. The molecule has 0 spiro atoms. The average molecular weight is 503 g/mol. The van der Waals surface area contributed by atoms with Crippen LogP contribution in [0.25, 0.3) is 22.3 Å². The number of hydrogen-bond donors (Lipinski definition) is 2. The number of amides is 1. The number of fused-ring (bicyclic) bond motifs is 1. The van der Waals surface area contributed by atoms with E-state index in [0.29, 0.717) is 47.1 Å². The van der Waals surface area contributed by atoms with E-state index in [0.717, 1.165) is 11.3 Å². The van der Waals surface area contributed by atoms with E-state index in [9.17, 15) is 14.0 Å². The maximum atomic E-state index is 12.6. The number of nitrogens with zero attached hydrogens (tertiary/aromatic N) is 3. The molecule has 37 heavy (non-hydrogen) atoms. The number of nitriles is 1. The molecule has 0 bridgehead atoms. The highest BCUT2D eigenvalue weighted by Gasteiger charge is 2.14. The van der Waals surface area contributed by atoms with Crippen molar-refractivity contribution in [3.63, 3.8) is 0 Å². The van der Waals surface area contributed by atoms with Crippen LogP contribution in [0.3, 0.4) is 0 Å². The molecule has 0 aliphatic rings. The molecule has 1 amide bonds. The second-order valence-electron chi connectivity index (χ2n) is 8.24. The summed E-state index contributed by atoms with van der Waals surface area (Å²) in [6.07, 6.45) is 6.84. The van der Waals surface area contributed by atoms with Gasteiger partial charge in [0.2, 0.25) is 0 Å². The zero-order valence-corrected chi connectivity index (χ0v) is 21.1. The highest BCUT2D eigenvalue weighted by atomic mass is 19.1. The summed E-state index contributed by atoms with van der Waals surface area (Å²) in [5.74, 6) is -1.02. The van der Waals surface area contributed by atoms with Crippen molar-refractivity contribution in [3.05, 3.63) is 84.1 Å². The first kappa shape index (κ1) is 28.9. The Morgan fingerprint density at radius 3 is 2.46 bits per heavy atom. The van der Waals surface area contributed by atoms with Gasteiger partial charge in [-0.25, -0.2) is 14.4 Å². The zero-order chi connectivity index (χ0) is 27.2. The molecule has 1 aromatic heterocycles. The molecule has 8 heteroatoms. The standard InChI is InChI=1S/C26H26N4O3.C3H5F/c1-3-6-17(2)28-26(33)20-13-14-21-23(15-20)29-22(7-4-5-8-24(31)32)25(30-21)19-11-9-18(16-27)10-12-19;1-2-3-4/h3,6,9-15,17H,4-5,7-8H2,1-2H3,(H,28,33)(H,31,32);2H,1,3H2/b6-3+;. The maximum absolute atomic E-state index is 12.6. The fraction of sp³-hybridized carbons (Fsp3) is 0.276. The lowest BCUT2D eigenvalue weighted by atomic mass is 10.0. The molecule has 3 rings (SSSR count). The van der Waals surface area contributed by atoms with E-state index >= 15 is 0 Å². The van der Waals surface area contributed by atoms with Crippen molar-refractivity contribution in [1.82, 2.24) is 15.3 Å². The molecule has 192 valence electrons. The van der Waals surface area contributed by atoms with Gasteiger partial charge in [-0.3, -0.25) is 9.59 Å². The van der Waals surface area contributed by atoms with Crippen molar-refractivity contribution in [2.45, 2.75) is 45.6 Å². The van der Waals surface area contributed by atoms with Crippen LogP contribution >= 0.6 is 0 Å². The third-order valence-electron chi connectivity index (χ3n) is 5.29. The Kier molecular flexibility index (Phi) is 11.6. The Bertz CT molecular complexity index is 1300. The largest absolute Gasteiger partial charge is 0.481 e. The number of aromatic nitrogens is 2. The number of carboxylic acid groups (broad SMARTS) is 1. The highest BCUT2D eigenvalue weighted by molar-refractivity contribution is 5.97. The Hall–Kier alpha value is -4.38. The number of rotatable bonds is 10. The summed E-state index contributed by atoms with van der Waals surface area (Å²) < 4.78 is 10.6. The van der Waals surface area contributed by atoms with E-state index < -0.39 is 12.6 Å². The zero-order valence-electron chi connectivity index (χ0n) is 21.1. The van der Waals surface area contributed by atoms with Gasteiger partial charge in [-0.2, -0.15) is 5.26 Å². The number of alkyl halides is 1. The molecule has 0 aliphatic carbocycles. The van der Waals surface area contributed by atoms with Crippen LogP contribution < -0.4 is 5.32 Å². The van der Waals surface area contributed by atoms with E-state index in [2.05, 4.69) is 18.0 Å². The van der Waals surface area contributed by atoms with Gasteiger partial charge in [-0.15, -0.1) is 6.58 Å². The lowest BCUT2D eigenvalue weighted by molar-refractivity contribution is -0.137. The monoisotopic (exact) mass is 502 g/mol. The Balaban J connectivity index is 0.00000112. The molecule has 2 aromatic carbocycles. The van der Waals surface area contributed by atoms with Crippen molar-refractivity contribution in [2.75, 3.05) is 6.67 Å². The van der Waals surface area contributed by atoms with E-state index in [1.165, 1.54) is 6.08 Å². The molecular weight excluding hydrogens is 471 g/mol. The van der Waals surface area contributed by atoms with Crippen LogP contribution in [0.2, 0.25) is 0 Å². The Labute approximate surface area is 216 Å². The number of carboxylic acids is 1. The van der Waals surface area contributed by atoms with E-state index in [-0.39, 0.29) is 18.4 Å². The second-order valence-corrected chi connectivity index (χ2v) is 8.24. The quantitative estimate of drug-likeness (QED) is 0.267. The molecule has 1 heterocycles. The fourth-order valence-electron chi connectivity index (χ4n) is 3.54. The van der Waals surface area contributed by atoms with Crippen LogP contribution in [-0.2, 0) is 11.2 Å². The number of aliphatic carboxylic acids is 1.